The van der Waals surface area contributed by atoms with Gasteiger partial charge in [-0.25, -0.2) is 5.43 Å². The van der Waals surface area contributed by atoms with Crippen molar-refractivity contribution in [2.75, 3.05) is 13.1 Å². The Balaban J connectivity index is 1.51. The number of hydrazone groups is 1. The highest BCUT2D eigenvalue weighted by molar-refractivity contribution is 6.36. The van der Waals surface area contributed by atoms with Gasteiger partial charge >= 0.3 is 0 Å². The van der Waals surface area contributed by atoms with Crippen molar-refractivity contribution >= 4 is 41.2 Å². The molecule has 0 bridgehead atoms. The maximum absolute atomic E-state index is 12.6. The molecule has 3 rings (SSSR count). The maximum Gasteiger partial charge on any atom is 0.255 e. The zero-order valence-corrected chi connectivity index (χ0v) is 16.5. The lowest BCUT2D eigenvalue weighted by molar-refractivity contribution is -0.126. The van der Waals surface area contributed by atoms with Crippen molar-refractivity contribution in [3.8, 4) is 5.75 Å². The van der Waals surface area contributed by atoms with Gasteiger partial charge in [0, 0.05) is 24.0 Å². The number of hydrogen-bond donors (Lipinski definition) is 2. The van der Waals surface area contributed by atoms with Crippen LogP contribution in [0.15, 0.2) is 47.6 Å². The van der Waals surface area contributed by atoms with Gasteiger partial charge in [-0.15, -0.1) is 0 Å². The number of phenolic OH excluding ortho intramolecular Hbond substituents is 1. The minimum absolute atomic E-state index is 0.133. The van der Waals surface area contributed by atoms with E-state index in [4.69, 9.17) is 23.2 Å². The molecule has 0 saturated carbocycles. The first-order chi connectivity index (χ1) is 13.4. The van der Waals surface area contributed by atoms with Crippen molar-refractivity contribution in [3.05, 3.63) is 63.6 Å². The molecule has 1 heterocycles. The fourth-order valence-electron chi connectivity index (χ4n) is 3.04. The van der Waals surface area contributed by atoms with E-state index in [2.05, 4.69) is 10.5 Å². The third-order valence-electron chi connectivity index (χ3n) is 4.57. The van der Waals surface area contributed by atoms with Crippen LogP contribution in [0.2, 0.25) is 10.0 Å². The summed E-state index contributed by atoms with van der Waals surface area (Å²) in [5.41, 5.74) is 3.61. The molecular formula is C20H19Cl2N3O3. The van der Waals surface area contributed by atoms with Crippen LogP contribution in [0.5, 0.6) is 5.75 Å². The third kappa shape index (κ3) is 5.03. The van der Waals surface area contributed by atoms with Gasteiger partial charge in [-0.3, -0.25) is 9.59 Å². The first-order valence-electron chi connectivity index (χ1n) is 8.80. The number of likely N-dealkylation sites (tertiary alicyclic amines) is 1. The second-order valence-electron chi connectivity index (χ2n) is 6.52. The van der Waals surface area contributed by atoms with Crippen LogP contribution in [-0.2, 0) is 4.79 Å². The molecule has 1 aliphatic rings. The molecule has 8 heteroatoms. The van der Waals surface area contributed by atoms with Crippen LogP contribution in [0.1, 0.15) is 28.8 Å². The van der Waals surface area contributed by atoms with Gasteiger partial charge in [0.05, 0.1) is 16.8 Å². The highest BCUT2D eigenvalue weighted by Crippen LogP contribution is 2.25. The van der Waals surface area contributed by atoms with Crippen molar-refractivity contribution < 1.29 is 14.7 Å². The second kappa shape index (κ2) is 9.08. The van der Waals surface area contributed by atoms with Crippen LogP contribution in [0, 0.1) is 5.92 Å². The molecule has 2 aromatic carbocycles. The molecule has 0 unspecified atom stereocenters. The van der Waals surface area contributed by atoms with Gasteiger partial charge in [-0.05, 0) is 48.7 Å². The van der Waals surface area contributed by atoms with Gasteiger partial charge in [0.2, 0.25) is 5.91 Å². The molecular weight excluding hydrogens is 401 g/mol. The topological polar surface area (TPSA) is 82.0 Å². The lowest BCUT2D eigenvalue weighted by Gasteiger charge is -2.31. The van der Waals surface area contributed by atoms with Gasteiger partial charge in [0.25, 0.3) is 5.91 Å². The van der Waals surface area contributed by atoms with E-state index in [0.29, 0.717) is 47.1 Å². The molecule has 0 aliphatic carbocycles. The van der Waals surface area contributed by atoms with E-state index in [0.717, 1.165) is 0 Å². The van der Waals surface area contributed by atoms with Crippen LogP contribution in [-0.4, -0.2) is 41.1 Å². The number of halogens is 2. The van der Waals surface area contributed by atoms with Gasteiger partial charge in [0.1, 0.15) is 5.75 Å². The summed E-state index contributed by atoms with van der Waals surface area (Å²) in [5.74, 6) is -0.436. The van der Waals surface area contributed by atoms with E-state index < -0.39 is 0 Å². The number of carbonyl (C=O) groups is 2. The standard InChI is InChI=1S/C20H19Cl2N3O3/c21-15-4-5-17(18(22)11-15)20(28)25-8-6-14(7-9-25)19(27)24-23-12-13-2-1-3-16(26)10-13/h1-5,10-12,14,26H,6-9H2,(H,24,27)/b23-12-. The lowest BCUT2D eigenvalue weighted by Crippen LogP contribution is -2.42. The second-order valence-corrected chi connectivity index (χ2v) is 7.36. The van der Waals surface area contributed by atoms with E-state index in [9.17, 15) is 14.7 Å². The Morgan fingerprint density at radius 3 is 2.57 bits per heavy atom. The average Bonchev–Trinajstić information content (AvgIpc) is 2.67. The minimum Gasteiger partial charge on any atom is -0.508 e. The van der Waals surface area contributed by atoms with Crippen LogP contribution in [0.4, 0.5) is 0 Å². The fourth-order valence-corrected chi connectivity index (χ4v) is 3.53. The largest absolute Gasteiger partial charge is 0.508 e. The molecule has 28 heavy (non-hydrogen) atoms. The Hall–Kier alpha value is -2.57. The smallest absolute Gasteiger partial charge is 0.255 e. The van der Waals surface area contributed by atoms with E-state index in [1.165, 1.54) is 6.21 Å². The number of hydrogen-bond acceptors (Lipinski definition) is 4. The van der Waals surface area contributed by atoms with E-state index in [-0.39, 0.29) is 23.5 Å². The fraction of sp³-hybridized carbons (Fsp3) is 0.250. The zero-order valence-electron chi connectivity index (χ0n) is 14.9. The number of amides is 2. The first-order valence-corrected chi connectivity index (χ1v) is 9.56. The van der Waals surface area contributed by atoms with Crippen molar-refractivity contribution in [1.82, 2.24) is 10.3 Å². The van der Waals surface area contributed by atoms with Gasteiger partial charge < -0.3 is 10.0 Å². The van der Waals surface area contributed by atoms with Crippen LogP contribution in [0.25, 0.3) is 0 Å². The number of rotatable bonds is 4. The Bertz CT molecular complexity index is 909. The molecule has 1 saturated heterocycles. The third-order valence-corrected chi connectivity index (χ3v) is 5.12. The summed E-state index contributed by atoms with van der Waals surface area (Å²) < 4.78 is 0. The quantitative estimate of drug-likeness (QED) is 0.585. The number of benzene rings is 2. The van der Waals surface area contributed by atoms with E-state index in [1.807, 2.05) is 0 Å². The predicted molar refractivity (Wildman–Crippen MR) is 109 cm³/mol. The number of carbonyl (C=O) groups excluding carboxylic acids is 2. The molecule has 1 aliphatic heterocycles. The zero-order chi connectivity index (χ0) is 20.1. The first kappa shape index (κ1) is 20.2. The number of aromatic hydroxyl groups is 1. The van der Waals surface area contributed by atoms with Crippen LogP contribution in [0.3, 0.4) is 0 Å². The monoisotopic (exact) mass is 419 g/mol. The average molecular weight is 420 g/mol. The molecule has 0 atom stereocenters. The molecule has 0 spiro atoms. The van der Waals surface area contributed by atoms with Gasteiger partial charge in [-0.1, -0.05) is 35.3 Å². The molecule has 1 fully saturated rings. The highest BCUT2D eigenvalue weighted by atomic mass is 35.5. The molecule has 2 N–H and O–H groups in total. The minimum atomic E-state index is -0.217. The highest BCUT2D eigenvalue weighted by Gasteiger charge is 2.28. The molecule has 0 aromatic heterocycles. The molecule has 2 aromatic rings. The summed E-state index contributed by atoms with van der Waals surface area (Å²) in [6.07, 6.45) is 2.56. The van der Waals surface area contributed by atoms with E-state index in [1.54, 1.807) is 47.4 Å². The normalized spacial score (nSPS) is 15.0. The summed E-state index contributed by atoms with van der Waals surface area (Å²) in [6.45, 7) is 0.929. The molecule has 6 nitrogen and oxygen atoms in total. The van der Waals surface area contributed by atoms with Crippen molar-refractivity contribution in [2.24, 2.45) is 11.0 Å². The van der Waals surface area contributed by atoms with Crippen molar-refractivity contribution in [3.63, 3.8) is 0 Å². The molecule has 2 amide bonds. The Morgan fingerprint density at radius 1 is 1.14 bits per heavy atom. The summed E-state index contributed by atoms with van der Waals surface area (Å²) in [6, 6.07) is 11.3. The Morgan fingerprint density at radius 2 is 1.89 bits per heavy atom. The number of nitrogens with zero attached hydrogens (tertiary/aromatic N) is 2. The van der Waals surface area contributed by atoms with Crippen LogP contribution >= 0.6 is 23.2 Å². The summed E-state index contributed by atoms with van der Waals surface area (Å²) >= 11 is 12.0. The molecule has 146 valence electrons. The predicted octanol–water partition coefficient (Wildman–Crippen LogP) is 3.70. The van der Waals surface area contributed by atoms with Gasteiger partial charge in [0.15, 0.2) is 0 Å². The number of nitrogens with one attached hydrogen (secondary N) is 1. The van der Waals surface area contributed by atoms with Gasteiger partial charge in [-0.2, -0.15) is 5.10 Å². The lowest BCUT2D eigenvalue weighted by atomic mass is 9.95. The SMILES string of the molecule is O=C(N/N=C\c1cccc(O)c1)C1CCN(C(=O)c2ccc(Cl)cc2Cl)CC1. The summed E-state index contributed by atoms with van der Waals surface area (Å²) in [4.78, 5) is 26.6. The number of phenols is 1. The summed E-state index contributed by atoms with van der Waals surface area (Å²) in [5, 5.41) is 14.1. The number of piperidine rings is 1. The Kier molecular flexibility index (Phi) is 6.54. The Labute approximate surface area is 172 Å². The van der Waals surface area contributed by atoms with E-state index >= 15 is 0 Å². The maximum atomic E-state index is 12.6. The van der Waals surface area contributed by atoms with Crippen molar-refractivity contribution in [2.45, 2.75) is 12.8 Å². The molecule has 0 radical (unpaired) electrons. The summed E-state index contributed by atoms with van der Waals surface area (Å²) in [7, 11) is 0. The van der Waals surface area contributed by atoms with Crippen LogP contribution < -0.4 is 5.43 Å². The van der Waals surface area contributed by atoms with Crippen molar-refractivity contribution in [1.29, 1.82) is 0 Å².